The maximum absolute atomic E-state index is 12.3. The quantitative estimate of drug-likeness (QED) is 0.227. The van der Waals surface area contributed by atoms with E-state index in [2.05, 4.69) is 12.2 Å². The summed E-state index contributed by atoms with van der Waals surface area (Å²) in [6.45, 7) is 2.28. The molecule has 0 saturated heterocycles. The Labute approximate surface area is 190 Å². The molecule has 0 aliphatic heterocycles. The van der Waals surface area contributed by atoms with Crippen molar-refractivity contribution in [1.29, 1.82) is 0 Å². The number of allylic oxidation sites excluding steroid dienone is 1. The van der Waals surface area contributed by atoms with Gasteiger partial charge >= 0.3 is 0 Å². The second kappa shape index (κ2) is 18.8. The third-order valence-corrected chi connectivity index (χ3v) is 5.67. The van der Waals surface area contributed by atoms with E-state index in [1.54, 1.807) is 38.6 Å². The van der Waals surface area contributed by atoms with Crippen LogP contribution >= 0.6 is 0 Å². The van der Waals surface area contributed by atoms with Crippen LogP contribution < -0.4 is 14.8 Å². The number of ether oxygens (including phenoxy) is 2. The Morgan fingerprint density at radius 1 is 0.742 bits per heavy atom. The molecule has 0 atom stereocenters. The fraction of sp³-hybridized carbons (Fsp3) is 0.667. The highest BCUT2D eigenvalue weighted by atomic mass is 16.5. The maximum Gasteiger partial charge on any atom is 0.255 e. The van der Waals surface area contributed by atoms with Gasteiger partial charge in [0.2, 0.25) is 0 Å². The number of hydrogen-bond donors (Lipinski definition) is 1. The summed E-state index contributed by atoms with van der Waals surface area (Å²) in [7, 11) is 3.15. The summed E-state index contributed by atoms with van der Waals surface area (Å²) in [5.74, 6) is 1.06. The molecule has 0 aliphatic carbocycles. The van der Waals surface area contributed by atoms with Gasteiger partial charge in [-0.3, -0.25) is 4.79 Å². The molecule has 1 aromatic rings. The first-order valence-corrected chi connectivity index (χ1v) is 12.4. The summed E-state index contributed by atoms with van der Waals surface area (Å²) < 4.78 is 10.4. The van der Waals surface area contributed by atoms with Crippen LogP contribution in [0.1, 0.15) is 114 Å². The smallest absolute Gasteiger partial charge is 0.255 e. The van der Waals surface area contributed by atoms with Gasteiger partial charge in [-0.25, -0.2) is 0 Å². The molecule has 1 amide bonds. The van der Waals surface area contributed by atoms with E-state index in [-0.39, 0.29) is 5.91 Å². The standard InChI is InChI=1S/C27H45NO3/c1-4-5-6-7-8-9-10-11-12-13-14-15-16-17-18-19-20-28-27(29)24-21-25(30-2)23-26(22-24)31-3/h19-23H,4-18H2,1-3H3,(H,28,29). The van der Waals surface area contributed by atoms with E-state index in [1.807, 2.05) is 6.08 Å². The van der Waals surface area contributed by atoms with Crippen LogP contribution in [0.15, 0.2) is 30.5 Å². The molecule has 4 nitrogen and oxygen atoms in total. The van der Waals surface area contributed by atoms with Crippen molar-refractivity contribution in [1.82, 2.24) is 5.32 Å². The summed E-state index contributed by atoms with van der Waals surface area (Å²) in [4.78, 5) is 12.3. The fourth-order valence-electron chi connectivity index (χ4n) is 3.70. The van der Waals surface area contributed by atoms with Crippen molar-refractivity contribution in [2.45, 2.75) is 103 Å². The first-order chi connectivity index (χ1) is 15.2. The summed E-state index contributed by atoms with van der Waals surface area (Å²) >= 11 is 0. The molecule has 0 bridgehead atoms. The van der Waals surface area contributed by atoms with Gasteiger partial charge in [-0.2, -0.15) is 0 Å². The molecule has 4 heteroatoms. The molecule has 0 heterocycles. The van der Waals surface area contributed by atoms with E-state index in [0.29, 0.717) is 17.1 Å². The molecule has 176 valence electrons. The molecule has 1 aromatic carbocycles. The van der Waals surface area contributed by atoms with Crippen molar-refractivity contribution < 1.29 is 14.3 Å². The third kappa shape index (κ3) is 13.9. The largest absolute Gasteiger partial charge is 0.497 e. The number of methoxy groups -OCH3 is 2. The number of unbranched alkanes of at least 4 members (excludes halogenated alkanes) is 14. The fourth-order valence-corrected chi connectivity index (χ4v) is 3.70. The third-order valence-electron chi connectivity index (χ3n) is 5.67. The zero-order chi connectivity index (χ0) is 22.6. The van der Waals surface area contributed by atoms with Crippen molar-refractivity contribution in [3.05, 3.63) is 36.0 Å². The molecule has 0 spiro atoms. The van der Waals surface area contributed by atoms with E-state index >= 15 is 0 Å². The summed E-state index contributed by atoms with van der Waals surface area (Å²) in [5, 5.41) is 2.82. The van der Waals surface area contributed by atoms with Crippen LogP contribution in [-0.2, 0) is 0 Å². The van der Waals surface area contributed by atoms with Gasteiger partial charge in [0, 0.05) is 17.8 Å². The number of carbonyl (C=O) groups excluding carboxylic acids is 1. The monoisotopic (exact) mass is 431 g/mol. The first-order valence-electron chi connectivity index (χ1n) is 12.4. The van der Waals surface area contributed by atoms with Crippen molar-refractivity contribution in [3.63, 3.8) is 0 Å². The highest BCUT2D eigenvalue weighted by molar-refractivity contribution is 5.95. The van der Waals surface area contributed by atoms with Crippen molar-refractivity contribution in [3.8, 4) is 11.5 Å². The Bertz CT molecular complexity index is 590. The van der Waals surface area contributed by atoms with Crippen molar-refractivity contribution in [2.24, 2.45) is 0 Å². The zero-order valence-corrected chi connectivity index (χ0v) is 20.2. The molecule has 1 rings (SSSR count). The maximum atomic E-state index is 12.3. The van der Waals surface area contributed by atoms with E-state index < -0.39 is 0 Å². The summed E-state index contributed by atoms with van der Waals surface area (Å²) in [5.41, 5.74) is 0.525. The zero-order valence-electron chi connectivity index (χ0n) is 20.2. The number of carbonyl (C=O) groups is 1. The lowest BCUT2D eigenvalue weighted by atomic mass is 10.0. The molecule has 31 heavy (non-hydrogen) atoms. The van der Waals surface area contributed by atoms with Gasteiger partial charge in [0.1, 0.15) is 11.5 Å². The lowest BCUT2D eigenvalue weighted by molar-refractivity contribution is 0.0969. The Morgan fingerprint density at radius 2 is 1.19 bits per heavy atom. The van der Waals surface area contributed by atoms with Crippen LogP contribution in [0.25, 0.3) is 0 Å². The molecular weight excluding hydrogens is 386 g/mol. The molecule has 0 aliphatic rings. The van der Waals surface area contributed by atoms with Crippen LogP contribution in [0.3, 0.4) is 0 Å². The second-order valence-corrected chi connectivity index (χ2v) is 8.36. The van der Waals surface area contributed by atoms with E-state index in [1.165, 1.54) is 89.9 Å². The number of amides is 1. The molecule has 0 saturated carbocycles. The van der Waals surface area contributed by atoms with Gasteiger partial charge in [0.05, 0.1) is 14.2 Å². The number of rotatable bonds is 19. The average Bonchev–Trinajstić information content (AvgIpc) is 2.80. The Kier molecular flexibility index (Phi) is 16.4. The second-order valence-electron chi connectivity index (χ2n) is 8.36. The van der Waals surface area contributed by atoms with Crippen molar-refractivity contribution >= 4 is 5.91 Å². The Hall–Kier alpha value is -1.97. The van der Waals surface area contributed by atoms with Gasteiger partial charge in [-0.1, -0.05) is 96.5 Å². The Morgan fingerprint density at radius 3 is 1.65 bits per heavy atom. The minimum Gasteiger partial charge on any atom is -0.497 e. The predicted octanol–water partition coefficient (Wildman–Crippen LogP) is 7.82. The van der Waals surface area contributed by atoms with Crippen LogP contribution in [0.5, 0.6) is 11.5 Å². The number of benzene rings is 1. The number of hydrogen-bond acceptors (Lipinski definition) is 3. The first kappa shape index (κ1) is 27.1. The van der Waals surface area contributed by atoms with Crippen molar-refractivity contribution in [2.75, 3.05) is 14.2 Å². The van der Waals surface area contributed by atoms with Crippen LogP contribution in [0.2, 0.25) is 0 Å². The lowest BCUT2D eigenvalue weighted by Crippen LogP contribution is -2.17. The minimum atomic E-state index is -0.158. The molecule has 0 unspecified atom stereocenters. The molecular formula is C27H45NO3. The highest BCUT2D eigenvalue weighted by Crippen LogP contribution is 2.22. The van der Waals surface area contributed by atoms with E-state index in [9.17, 15) is 4.79 Å². The minimum absolute atomic E-state index is 0.158. The van der Waals surface area contributed by atoms with Gasteiger partial charge in [0.15, 0.2) is 0 Å². The topological polar surface area (TPSA) is 47.6 Å². The summed E-state index contributed by atoms with van der Waals surface area (Å²) in [6.07, 6.45) is 24.0. The van der Waals surface area contributed by atoms with Gasteiger partial charge in [-0.15, -0.1) is 0 Å². The van der Waals surface area contributed by atoms with Gasteiger partial charge in [-0.05, 0) is 25.0 Å². The lowest BCUT2D eigenvalue weighted by Gasteiger charge is -2.07. The van der Waals surface area contributed by atoms with Gasteiger partial charge < -0.3 is 14.8 Å². The molecule has 1 N–H and O–H groups in total. The SMILES string of the molecule is CCCCCCCCCCCCCCCCC=CNC(=O)c1cc(OC)cc(OC)c1. The van der Waals surface area contributed by atoms with Crippen LogP contribution in [0, 0.1) is 0 Å². The normalized spacial score (nSPS) is 11.1. The van der Waals surface area contributed by atoms with Gasteiger partial charge in [0.25, 0.3) is 5.91 Å². The predicted molar refractivity (Wildman–Crippen MR) is 131 cm³/mol. The summed E-state index contributed by atoms with van der Waals surface area (Å²) in [6, 6.07) is 5.17. The Balaban J connectivity index is 1.98. The number of nitrogens with one attached hydrogen (secondary N) is 1. The average molecular weight is 432 g/mol. The molecule has 0 fully saturated rings. The highest BCUT2D eigenvalue weighted by Gasteiger charge is 2.08. The molecule has 0 aromatic heterocycles. The van der Waals surface area contributed by atoms with Crippen LogP contribution in [0.4, 0.5) is 0 Å². The van der Waals surface area contributed by atoms with E-state index in [4.69, 9.17) is 9.47 Å². The van der Waals surface area contributed by atoms with Crippen LogP contribution in [-0.4, -0.2) is 20.1 Å². The molecule has 0 radical (unpaired) electrons. The van der Waals surface area contributed by atoms with E-state index in [0.717, 1.165) is 6.42 Å².